The van der Waals surface area contributed by atoms with Crippen LogP contribution < -0.4 is 15.8 Å². The number of amides is 1. The van der Waals surface area contributed by atoms with E-state index in [9.17, 15) is 14.4 Å². The van der Waals surface area contributed by atoms with Gasteiger partial charge in [-0.2, -0.15) is 0 Å². The number of rotatable bonds is 9. The number of aromatic nitrogens is 2. The molecule has 2 atom stereocenters. The molecular formula is C28H34N4O4. The van der Waals surface area contributed by atoms with Gasteiger partial charge in [-0.3, -0.25) is 19.0 Å². The second-order valence-electron chi connectivity index (χ2n) is 9.26. The molecular weight excluding hydrogens is 456 g/mol. The van der Waals surface area contributed by atoms with Crippen molar-refractivity contribution < 1.29 is 14.3 Å². The van der Waals surface area contributed by atoms with Gasteiger partial charge in [0.25, 0.3) is 5.56 Å². The SMILES string of the molecule is CCC[C@@H](C(=O)N[C@@H](CC(=O)OC)c1cccc(N2CCCCC2)c1)n1cnc2ccccc2c1=O. The number of anilines is 1. The van der Waals surface area contributed by atoms with Crippen LogP contribution in [0, 0.1) is 0 Å². The fourth-order valence-corrected chi connectivity index (χ4v) is 4.84. The van der Waals surface area contributed by atoms with Gasteiger partial charge in [0.1, 0.15) is 6.04 Å². The Balaban J connectivity index is 1.64. The van der Waals surface area contributed by atoms with Crippen LogP contribution >= 0.6 is 0 Å². The first kappa shape index (κ1) is 25.4. The van der Waals surface area contributed by atoms with E-state index in [0.29, 0.717) is 23.7 Å². The molecule has 190 valence electrons. The van der Waals surface area contributed by atoms with Crippen LogP contribution in [0.3, 0.4) is 0 Å². The van der Waals surface area contributed by atoms with Crippen LogP contribution in [0.1, 0.15) is 63.1 Å². The molecule has 8 heteroatoms. The van der Waals surface area contributed by atoms with Crippen molar-refractivity contribution in [2.45, 2.75) is 57.5 Å². The van der Waals surface area contributed by atoms with Crippen LogP contribution in [0.25, 0.3) is 10.9 Å². The zero-order valence-corrected chi connectivity index (χ0v) is 21.0. The highest BCUT2D eigenvalue weighted by atomic mass is 16.5. The van der Waals surface area contributed by atoms with Crippen LogP contribution in [-0.4, -0.2) is 41.6 Å². The Morgan fingerprint density at radius 3 is 2.61 bits per heavy atom. The molecule has 2 heterocycles. The molecule has 0 spiro atoms. The first-order chi connectivity index (χ1) is 17.5. The molecule has 3 aromatic rings. The summed E-state index contributed by atoms with van der Waals surface area (Å²) in [6, 6.07) is 13.7. The molecule has 0 saturated carbocycles. The first-order valence-corrected chi connectivity index (χ1v) is 12.7. The number of methoxy groups -OCH3 is 1. The summed E-state index contributed by atoms with van der Waals surface area (Å²) in [5.41, 5.74) is 2.24. The van der Waals surface area contributed by atoms with Crippen molar-refractivity contribution in [2.75, 3.05) is 25.1 Å². The number of esters is 1. The van der Waals surface area contributed by atoms with E-state index in [1.54, 1.807) is 18.2 Å². The van der Waals surface area contributed by atoms with Gasteiger partial charge in [0.05, 0.1) is 36.8 Å². The fourth-order valence-electron chi connectivity index (χ4n) is 4.84. The highest BCUT2D eigenvalue weighted by molar-refractivity contribution is 5.83. The van der Waals surface area contributed by atoms with Crippen molar-refractivity contribution in [3.8, 4) is 0 Å². The van der Waals surface area contributed by atoms with Gasteiger partial charge in [0.2, 0.25) is 5.91 Å². The summed E-state index contributed by atoms with van der Waals surface area (Å²) < 4.78 is 6.33. The maximum Gasteiger partial charge on any atom is 0.307 e. The second kappa shape index (κ2) is 11.8. The number of hydrogen-bond acceptors (Lipinski definition) is 6. The number of fused-ring (bicyclic) bond motifs is 1. The molecule has 0 aliphatic carbocycles. The zero-order chi connectivity index (χ0) is 25.5. The van der Waals surface area contributed by atoms with Crippen molar-refractivity contribution in [1.82, 2.24) is 14.9 Å². The topological polar surface area (TPSA) is 93.5 Å². The third-order valence-corrected chi connectivity index (χ3v) is 6.80. The number of para-hydroxylation sites is 1. The minimum Gasteiger partial charge on any atom is -0.469 e. The lowest BCUT2D eigenvalue weighted by molar-refractivity contribution is -0.141. The van der Waals surface area contributed by atoms with E-state index in [4.69, 9.17) is 4.74 Å². The molecule has 1 saturated heterocycles. The van der Waals surface area contributed by atoms with Crippen molar-refractivity contribution in [1.29, 1.82) is 0 Å². The molecule has 1 aliphatic heterocycles. The molecule has 0 bridgehead atoms. The number of ether oxygens (including phenoxy) is 1. The van der Waals surface area contributed by atoms with E-state index in [1.165, 1.54) is 24.4 Å². The first-order valence-electron chi connectivity index (χ1n) is 12.7. The maximum absolute atomic E-state index is 13.6. The van der Waals surface area contributed by atoms with Crippen LogP contribution in [0.5, 0.6) is 0 Å². The van der Waals surface area contributed by atoms with E-state index in [-0.39, 0.29) is 17.9 Å². The molecule has 1 aliphatic rings. The van der Waals surface area contributed by atoms with Crippen molar-refractivity contribution >= 4 is 28.5 Å². The molecule has 1 aromatic heterocycles. The minimum absolute atomic E-state index is 0.00456. The molecule has 8 nitrogen and oxygen atoms in total. The second-order valence-corrected chi connectivity index (χ2v) is 9.26. The normalized spacial score (nSPS) is 15.3. The molecule has 36 heavy (non-hydrogen) atoms. The van der Waals surface area contributed by atoms with Crippen molar-refractivity contribution in [3.05, 3.63) is 70.8 Å². The van der Waals surface area contributed by atoms with Crippen molar-refractivity contribution in [3.63, 3.8) is 0 Å². The van der Waals surface area contributed by atoms with Gasteiger partial charge in [-0.05, 0) is 55.5 Å². The van der Waals surface area contributed by atoms with Gasteiger partial charge in [0.15, 0.2) is 0 Å². The van der Waals surface area contributed by atoms with Gasteiger partial charge in [-0.1, -0.05) is 37.6 Å². The summed E-state index contributed by atoms with van der Waals surface area (Å²) in [5.74, 6) is -0.742. The number of carbonyl (C=O) groups is 2. The predicted octanol–water partition coefficient (Wildman–Crippen LogP) is 4.15. The lowest BCUT2D eigenvalue weighted by Gasteiger charge is -2.30. The average Bonchev–Trinajstić information content (AvgIpc) is 2.92. The third kappa shape index (κ3) is 5.75. The van der Waals surface area contributed by atoms with E-state index in [2.05, 4.69) is 21.3 Å². The number of nitrogens with zero attached hydrogens (tertiary/aromatic N) is 3. The van der Waals surface area contributed by atoms with Crippen LogP contribution in [0.2, 0.25) is 0 Å². The smallest absolute Gasteiger partial charge is 0.307 e. The average molecular weight is 491 g/mol. The molecule has 0 unspecified atom stereocenters. The summed E-state index contributed by atoms with van der Waals surface area (Å²) in [6.45, 7) is 3.95. The summed E-state index contributed by atoms with van der Waals surface area (Å²) >= 11 is 0. The number of benzene rings is 2. The van der Waals surface area contributed by atoms with Crippen LogP contribution in [-0.2, 0) is 14.3 Å². The Bertz CT molecular complexity index is 1270. The van der Waals surface area contributed by atoms with E-state index in [1.807, 2.05) is 31.2 Å². The number of piperidine rings is 1. The molecule has 1 fully saturated rings. The van der Waals surface area contributed by atoms with Gasteiger partial charge in [-0.25, -0.2) is 4.98 Å². The molecule has 0 radical (unpaired) electrons. The summed E-state index contributed by atoms with van der Waals surface area (Å²) in [4.78, 5) is 45.8. The largest absolute Gasteiger partial charge is 0.469 e. The quantitative estimate of drug-likeness (QED) is 0.453. The third-order valence-electron chi connectivity index (χ3n) is 6.80. The predicted molar refractivity (Wildman–Crippen MR) is 140 cm³/mol. The fraction of sp³-hybridized carbons (Fsp3) is 0.429. The Labute approximate surface area is 211 Å². The minimum atomic E-state index is -0.745. The highest BCUT2D eigenvalue weighted by Crippen LogP contribution is 2.26. The molecule has 1 N–H and O–H groups in total. The maximum atomic E-state index is 13.6. The van der Waals surface area contributed by atoms with Crippen LogP contribution in [0.4, 0.5) is 5.69 Å². The van der Waals surface area contributed by atoms with Gasteiger partial charge >= 0.3 is 5.97 Å². The number of nitrogens with one attached hydrogen (secondary N) is 1. The van der Waals surface area contributed by atoms with Gasteiger partial charge in [0, 0.05) is 18.8 Å². The van der Waals surface area contributed by atoms with E-state index >= 15 is 0 Å². The Hall–Kier alpha value is -3.68. The van der Waals surface area contributed by atoms with Gasteiger partial charge < -0.3 is 15.0 Å². The Morgan fingerprint density at radius 2 is 1.86 bits per heavy atom. The number of carbonyl (C=O) groups excluding carboxylic acids is 2. The monoisotopic (exact) mass is 490 g/mol. The van der Waals surface area contributed by atoms with E-state index < -0.39 is 18.1 Å². The summed E-state index contributed by atoms with van der Waals surface area (Å²) in [5, 5.41) is 3.51. The van der Waals surface area contributed by atoms with Crippen molar-refractivity contribution in [2.24, 2.45) is 0 Å². The zero-order valence-electron chi connectivity index (χ0n) is 21.0. The Morgan fingerprint density at radius 1 is 1.08 bits per heavy atom. The standard InChI is InChI=1S/C28H34N4O4/c1-3-10-25(32-19-29-23-14-6-5-13-22(23)28(32)35)27(34)30-24(18-26(33)36-2)20-11-9-12-21(17-20)31-15-7-4-8-16-31/h5-6,9,11-14,17,19,24-25H,3-4,7-8,10,15-16,18H2,1-2H3,(H,30,34)/t24-,25-/m0/s1. The molecule has 2 aromatic carbocycles. The van der Waals surface area contributed by atoms with E-state index in [0.717, 1.165) is 37.2 Å². The lowest BCUT2D eigenvalue weighted by atomic mass is 10.0. The summed E-state index contributed by atoms with van der Waals surface area (Å²) in [6.07, 6.45) is 6.14. The van der Waals surface area contributed by atoms with Crippen LogP contribution in [0.15, 0.2) is 59.7 Å². The Kier molecular flexibility index (Phi) is 8.36. The lowest BCUT2D eigenvalue weighted by Crippen LogP contribution is -2.40. The summed E-state index contributed by atoms with van der Waals surface area (Å²) in [7, 11) is 1.34. The molecule has 4 rings (SSSR count). The number of hydrogen-bond donors (Lipinski definition) is 1. The highest BCUT2D eigenvalue weighted by Gasteiger charge is 2.27. The molecule has 1 amide bonds. The van der Waals surface area contributed by atoms with Gasteiger partial charge in [-0.15, -0.1) is 0 Å².